The highest BCUT2D eigenvalue weighted by molar-refractivity contribution is 5.39. The molecule has 0 bridgehead atoms. The zero-order valence-electron chi connectivity index (χ0n) is 17.4. The first-order valence-corrected chi connectivity index (χ1v) is 11.2. The third kappa shape index (κ3) is 8.34. The number of rotatable bonds is 9. The second kappa shape index (κ2) is 12.8. The monoisotopic (exact) mass is 368 g/mol. The van der Waals surface area contributed by atoms with E-state index in [9.17, 15) is 4.39 Å². The predicted molar refractivity (Wildman–Crippen MR) is 115 cm³/mol. The second-order valence-electron chi connectivity index (χ2n) is 8.18. The Morgan fingerprint density at radius 3 is 2.44 bits per heavy atom. The van der Waals surface area contributed by atoms with E-state index < -0.39 is 0 Å². The lowest BCUT2D eigenvalue weighted by atomic mass is 9.79. The van der Waals surface area contributed by atoms with Crippen molar-refractivity contribution in [2.75, 3.05) is 0 Å². The van der Waals surface area contributed by atoms with Gasteiger partial charge in [-0.2, -0.15) is 0 Å². The fourth-order valence-electron chi connectivity index (χ4n) is 4.05. The number of unbranched alkanes of at least 4 members (excludes halogenated alkanes) is 4. The van der Waals surface area contributed by atoms with Gasteiger partial charge in [-0.1, -0.05) is 76.4 Å². The third-order valence-corrected chi connectivity index (χ3v) is 5.87. The first-order chi connectivity index (χ1) is 13.2. The largest absolute Gasteiger partial charge is 0.206 e. The normalized spacial score (nSPS) is 19.8. The van der Waals surface area contributed by atoms with Gasteiger partial charge < -0.3 is 0 Å². The fourth-order valence-corrected chi connectivity index (χ4v) is 4.05. The van der Waals surface area contributed by atoms with Gasteiger partial charge in [0.2, 0.25) is 0 Å². The third-order valence-electron chi connectivity index (χ3n) is 5.87. The smallest absolute Gasteiger partial charge is 0.139 e. The van der Waals surface area contributed by atoms with Gasteiger partial charge in [-0.05, 0) is 74.1 Å². The zero-order chi connectivity index (χ0) is 19.3. The Kier molecular flexibility index (Phi) is 10.3. The number of halogens is 1. The Balaban J connectivity index is 1.76. The molecule has 1 aromatic rings. The highest BCUT2D eigenvalue weighted by atomic mass is 19.1. The van der Waals surface area contributed by atoms with E-state index in [-0.39, 0.29) is 5.82 Å². The summed E-state index contributed by atoms with van der Waals surface area (Å²) in [5, 5.41) is 0. The topological polar surface area (TPSA) is 0 Å². The molecule has 0 radical (unpaired) electrons. The fraction of sp³-hybridized carbons (Fsp3) is 0.615. The maximum atomic E-state index is 14.2. The van der Waals surface area contributed by atoms with Crippen LogP contribution in [0.5, 0.6) is 0 Å². The van der Waals surface area contributed by atoms with Crippen molar-refractivity contribution < 1.29 is 4.39 Å². The molecule has 0 aliphatic heterocycles. The van der Waals surface area contributed by atoms with E-state index in [1.54, 1.807) is 6.07 Å². The summed E-state index contributed by atoms with van der Waals surface area (Å²) < 4.78 is 14.2. The summed E-state index contributed by atoms with van der Waals surface area (Å²) in [5.74, 6) is 7.44. The molecule has 0 saturated heterocycles. The molecule has 148 valence electrons. The van der Waals surface area contributed by atoms with Gasteiger partial charge in [0.25, 0.3) is 0 Å². The van der Waals surface area contributed by atoms with E-state index in [2.05, 4.69) is 31.8 Å². The maximum Gasteiger partial charge on any atom is 0.139 e. The van der Waals surface area contributed by atoms with Crippen LogP contribution < -0.4 is 0 Å². The van der Waals surface area contributed by atoms with Gasteiger partial charge in [-0.15, -0.1) is 0 Å². The van der Waals surface area contributed by atoms with Gasteiger partial charge in [0.05, 0.1) is 5.56 Å². The lowest BCUT2D eigenvalue weighted by molar-refractivity contribution is 0.289. The molecule has 0 atom stereocenters. The summed E-state index contributed by atoms with van der Waals surface area (Å²) in [6, 6.07) is 5.51. The van der Waals surface area contributed by atoms with Crippen LogP contribution in [0.4, 0.5) is 4.39 Å². The molecule has 1 aromatic carbocycles. The minimum Gasteiger partial charge on any atom is -0.206 e. The summed E-state index contributed by atoms with van der Waals surface area (Å²) in [6.45, 7) is 4.46. The van der Waals surface area contributed by atoms with Crippen LogP contribution in [0.25, 0.3) is 0 Å². The van der Waals surface area contributed by atoms with Crippen molar-refractivity contribution >= 4 is 0 Å². The molecule has 1 fully saturated rings. The van der Waals surface area contributed by atoms with Crippen LogP contribution in [0.15, 0.2) is 30.4 Å². The molecule has 0 spiro atoms. The predicted octanol–water partition coefficient (Wildman–Crippen LogP) is 7.85. The lowest BCUT2D eigenvalue weighted by Crippen LogP contribution is -2.12. The van der Waals surface area contributed by atoms with Crippen LogP contribution >= 0.6 is 0 Å². The molecule has 1 heteroatoms. The van der Waals surface area contributed by atoms with E-state index in [4.69, 9.17) is 0 Å². The molecule has 0 N–H and O–H groups in total. The second-order valence-corrected chi connectivity index (χ2v) is 8.18. The number of aryl methyl sites for hydroxylation is 1. The minimum absolute atomic E-state index is 0.183. The zero-order valence-corrected chi connectivity index (χ0v) is 17.4. The van der Waals surface area contributed by atoms with E-state index in [1.807, 2.05) is 18.2 Å². The van der Waals surface area contributed by atoms with Crippen molar-refractivity contribution in [1.82, 2.24) is 0 Å². The van der Waals surface area contributed by atoms with Gasteiger partial charge in [-0.3, -0.25) is 0 Å². The molecule has 0 amide bonds. The van der Waals surface area contributed by atoms with Crippen LogP contribution in [0.2, 0.25) is 0 Å². The standard InChI is InChI=1S/C26H37F/c1-3-5-7-11-22-15-17-23(18-16-22)12-9-10-14-25-20-19-24(21-26(25)27)13-8-6-4-2/h9,12,19-23H,3-8,11,13,15-18H2,1-2H3/b12-9+/t22-,23-. The first kappa shape index (κ1) is 21.7. The first-order valence-electron chi connectivity index (χ1n) is 11.2. The summed E-state index contributed by atoms with van der Waals surface area (Å²) in [5.41, 5.74) is 1.59. The molecular weight excluding hydrogens is 331 g/mol. The maximum absolute atomic E-state index is 14.2. The van der Waals surface area contributed by atoms with Crippen molar-refractivity contribution in [2.24, 2.45) is 11.8 Å². The SMILES string of the molecule is CCCCCc1ccc(C#C/C=C/[C@H]2CC[C@H](CCCCC)CC2)c(F)c1. The number of allylic oxidation sites excluding steroid dienone is 2. The minimum atomic E-state index is -0.183. The van der Waals surface area contributed by atoms with Crippen molar-refractivity contribution in [3.63, 3.8) is 0 Å². The summed E-state index contributed by atoms with van der Waals surface area (Å²) in [4.78, 5) is 0. The molecule has 1 saturated carbocycles. The summed E-state index contributed by atoms with van der Waals surface area (Å²) in [6.07, 6.45) is 19.5. The molecule has 27 heavy (non-hydrogen) atoms. The average Bonchev–Trinajstić information content (AvgIpc) is 2.68. The molecule has 0 nitrogen and oxygen atoms in total. The molecular formula is C26H37F. The van der Waals surface area contributed by atoms with Gasteiger partial charge in [-0.25, -0.2) is 4.39 Å². The number of hydrogen-bond donors (Lipinski definition) is 0. The van der Waals surface area contributed by atoms with Crippen molar-refractivity contribution in [1.29, 1.82) is 0 Å². The molecule has 1 aliphatic rings. The Labute approximate surface area is 166 Å². The van der Waals surface area contributed by atoms with Crippen LogP contribution in [-0.2, 0) is 6.42 Å². The van der Waals surface area contributed by atoms with Gasteiger partial charge in [0, 0.05) is 0 Å². The average molecular weight is 369 g/mol. The Bertz CT molecular complexity index is 623. The lowest BCUT2D eigenvalue weighted by Gasteiger charge is -2.26. The summed E-state index contributed by atoms with van der Waals surface area (Å²) in [7, 11) is 0. The van der Waals surface area contributed by atoms with Crippen molar-refractivity contribution in [3.05, 3.63) is 47.3 Å². The highest BCUT2D eigenvalue weighted by Crippen LogP contribution is 2.32. The number of hydrogen-bond acceptors (Lipinski definition) is 0. The van der Waals surface area contributed by atoms with Crippen LogP contribution in [0, 0.1) is 29.5 Å². The molecule has 1 aliphatic carbocycles. The quantitative estimate of drug-likeness (QED) is 0.307. The molecule has 0 unspecified atom stereocenters. The Morgan fingerprint density at radius 2 is 1.74 bits per heavy atom. The van der Waals surface area contributed by atoms with E-state index in [1.165, 1.54) is 64.2 Å². The van der Waals surface area contributed by atoms with Gasteiger partial charge >= 0.3 is 0 Å². The van der Waals surface area contributed by atoms with Crippen LogP contribution in [0.1, 0.15) is 95.6 Å². The summed E-state index contributed by atoms with van der Waals surface area (Å²) >= 11 is 0. The number of benzene rings is 1. The Hall–Kier alpha value is -1.55. The van der Waals surface area contributed by atoms with Crippen molar-refractivity contribution in [3.8, 4) is 11.8 Å². The van der Waals surface area contributed by atoms with Gasteiger partial charge in [0.1, 0.15) is 5.82 Å². The van der Waals surface area contributed by atoms with E-state index >= 15 is 0 Å². The van der Waals surface area contributed by atoms with Crippen LogP contribution in [0.3, 0.4) is 0 Å². The highest BCUT2D eigenvalue weighted by Gasteiger charge is 2.18. The van der Waals surface area contributed by atoms with Crippen LogP contribution in [-0.4, -0.2) is 0 Å². The Morgan fingerprint density at radius 1 is 1.00 bits per heavy atom. The van der Waals surface area contributed by atoms with E-state index in [0.29, 0.717) is 11.5 Å². The molecule has 2 rings (SSSR count). The van der Waals surface area contributed by atoms with E-state index in [0.717, 1.165) is 24.3 Å². The van der Waals surface area contributed by atoms with Gasteiger partial charge in [0.15, 0.2) is 0 Å². The molecule has 0 heterocycles. The molecule has 0 aromatic heterocycles. The van der Waals surface area contributed by atoms with Crippen molar-refractivity contribution in [2.45, 2.75) is 90.9 Å².